The smallest absolute Gasteiger partial charge is 0.246 e. The molecule has 0 bridgehead atoms. The Morgan fingerprint density at radius 2 is 1.77 bits per heavy atom. The van der Waals surface area contributed by atoms with E-state index < -0.39 is 0 Å². The lowest BCUT2D eigenvalue weighted by Crippen LogP contribution is -2.39. The molecule has 3 aromatic rings. The van der Waals surface area contributed by atoms with Crippen LogP contribution in [-0.2, 0) is 17.8 Å². The van der Waals surface area contributed by atoms with Crippen LogP contribution in [0.5, 0.6) is 0 Å². The average Bonchev–Trinajstić information content (AvgIpc) is 3.21. The number of aromatic nitrogens is 2. The maximum Gasteiger partial charge on any atom is 0.246 e. The predicted octanol–water partition coefficient (Wildman–Crippen LogP) is 4.16. The first-order valence-corrected chi connectivity index (χ1v) is 11.0. The van der Waals surface area contributed by atoms with Crippen molar-refractivity contribution in [2.75, 3.05) is 13.1 Å². The van der Waals surface area contributed by atoms with Crippen LogP contribution in [0.1, 0.15) is 36.5 Å². The van der Waals surface area contributed by atoms with Crippen LogP contribution < -0.4 is 0 Å². The fourth-order valence-electron chi connectivity index (χ4n) is 3.89. The molecule has 2 heterocycles. The molecular weight excluding hydrogens is 386 g/mol. The monoisotopic (exact) mass is 415 g/mol. The van der Waals surface area contributed by atoms with Gasteiger partial charge in [-0.3, -0.25) is 9.48 Å². The molecule has 1 saturated heterocycles. The molecule has 160 valence electrons. The average molecular weight is 416 g/mol. The Bertz CT molecular complexity index is 1030. The maximum absolute atomic E-state index is 12.6. The molecule has 1 N–H and O–H groups in total. The highest BCUT2D eigenvalue weighted by molar-refractivity contribution is 5.93. The van der Waals surface area contributed by atoms with Gasteiger partial charge in [-0.2, -0.15) is 5.10 Å². The summed E-state index contributed by atoms with van der Waals surface area (Å²) in [6.07, 6.45) is 7.49. The molecule has 1 aliphatic rings. The van der Waals surface area contributed by atoms with Crippen molar-refractivity contribution in [1.29, 1.82) is 0 Å². The van der Waals surface area contributed by atoms with E-state index in [4.69, 9.17) is 5.10 Å². The standard InChI is InChI=1S/C26H29N3O2/c1-2-20-8-10-22(11-9-20)26-23(12-13-25(31)28-16-14-24(30)15-17-28)19-29(27-26)18-21-6-4-3-5-7-21/h3-13,19,24,30H,2,14-18H2,1H3. The minimum Gasteiger partial charge on any atom is -0.393 e. The molecule has 0 saturated carbocycles. The third kappa shape index (κ3) is 5.30. The molecule has 0 atom stereocenters. The summed E-state index contributed by atoms with van der Waals surface area (Å²) in [5, 5.41) is 14.5. The van der Waals surface area contributed by atoms with Gasteiger partial charge in [-0.05, 0) is 36.5 Å². The molecule has 5 nitrogen and oxygen atoms in total. The molecule has 31 heavy (non-hydrogen) atoms. The van der Waals surface area contributed by atoms with E-state index in [-0.39, 0.29) is 12.0 Å². The van der Waals surface area contributed by atoms with Crippen molar-refractivity contribution in [3.05, 3.63) is 83.6 Å². The van der Waals surface area contributed by atoms with Gasteiger partial charge in [0.15, 0.2) is 0 Å². The van der Waals surface area contributed by atoms with Crippen molar-refractivity contribution in [2.24, 2.45) is 0 Å². The van der Waals surface area contributed by atoms with Crippen LogP contribution >= 0.6 is 0 Å². The number of carbonyl (C=O) groups is 1. The number of aryl methyl sites for hydroxylation is 1. The third-order valence-corrected chi connectivity index (χ3v) is 5.79. The summed E-state index contributed by atoms with van der Waals surface area (Å²) < 4.78 is 1.93. The van der Waals surface area contributed by atoms with Gasteiger partial charge < -0.3 is 10.0 Å². The molecule has 4 rings (SSSR count). The van der Waals surface area contributed by atoms with Gasteiger partial charge >= 0.3 is 0 Å². The van der Waals surface area contributed by atoms with E-state index in [9.17, 15) is 9.90 Å². The lowest BCUT2D eigenvalue weighted by molar-refractivity contribution is -0.127. The van der Waals surface area contributed by atoms with E-state index >= 15 is 0 Å². The molecule has 1 amide bonds. The second-order valence-corrected chi connectivity index (χ2v) is 8.06. The molecule has 0 radical (unpaired) electrons. The Labute approximate surface area is 183 Å². The summed E-state index contributed by atoms with van der Waals surface area (Å²) in [6, 6.07) is 18.7. The van der Waals surface area contributed by atoms with Gasteiger partial charge in [-0.1, -0.05) is 61.5 Å². The van der Waals surface area contributed by atoms with Crippen molar-refractivity contribution < 1.29 is 9.90 Å². The van der Waals surface area contributed by atoms with Gasteiger partial charge in [-0.15, -0.1) is 0 Å². The van der Waals surface area contributed by atoms with E-state index in [0.29, 0.717) is 32.5 Å². The first-order chi connectivity index (χ1) is 15.1. The Hall–Kier alpha value is -3.18. The summed E-state index contributed by atoms with van der Waals surface area (Å²) in [7, 11) is 0. The number of likely N-dealkylation sites (tertiary alicyclic amines) is 1. The SMILES string of the molecule is CCc1ccc(-c2nn(Cc3ccccc3)cc2C=CC(=O)N2CCC(O)CC2)cc1. The van der Waals surface area contributed by atoms with Crippen LogP contribution in [0.4, 0.5) is 0 Å². The normalized spacial score (nSPS) is 15.0. The molecule has 5 heteroatoms. The van der Waals surface area contributed by atoms with Gasteiger partial charge in [0.2, 0.25) is 5.91 Å². The fraction of sp³-hybridized carbons (Fsp3) is 0.308. The summed E-state index contributed by atoms with van der Waals surface area (Å²) in [4.78, 5) is 14.4. The lowest BCUT2D eigenvalue weighted by atomic mass is 10.0. The molecule has 0 spiro atoms. The molecular formula is C26H29N3O2. The third-order valence-electron chi connectivity index (χ3n) is 5.79. The predicted molar refractivity (Wildman–Crippen MR) is 123 cm³/mol. The summed E-state index contributed by atoms with van der Waals surface area (Å²) >= 11 is 0. The molecule has 2 aromatic carbocycles. The first-order valence-electron chi connectivity index (χ1n) is 11.0. The Morgan fingerprint density at radius 1 is 1.06 bits per heavy atom. The van der Waals surface area contributed by atoms with E-state index in [2.05, 4.69) is 43.3 Å². The van der Waals surface area contributed by atoms with Crippen molar-refractivity contribution in [2.45, 2.75) is 38.8 Å². The quantitative estimate of drug-likeness (QED) is 0.615. The number of piperidine rings is 1. The Kier molecular flexibility index (Phi) is 6.63. The minimum atomic E-state index is -0.290. The zero-order chi connectivity index (χ0) is 21.6. The largest absolute Gasteiger partial charge is 0.393 e. The molecule has 1 fully saturated rings. The highest BCUT2D eigenvalue weighted by atomic mass is 16.3. The Morgan fingerprint density at radius 3 is 2.45 bits per heavy atom. The molecule has 1 aliphatic heterocycles. The topological polar surface area (TPSA) is 58.4 Å². The van der Waals surface area contributed by atoms with Gasteiger partial charge in [0, 0.05) is 36.5 Å². The van der Waals surface area contributed by atoms with E-state index in [1.165, 1.54) is 11.1 Å². The van der Waals surface area contributed by atoms with Crippen LogP contribution in [0.15, 0.2) is 66.9 Å². The zero-order valence-electron chi connectivity index (χ0n) is 17.9. The highest BCUT2D eigenvalue weighted by Gasteiger charge is 2.20. The van der Waals surface area contributed by atoms with Crippen LogP contribution in [0, 0.1) is 0 Å². The van der Waals surface area contributed by atoms with Gasteiger partial charge in [0.25, 0.3) is 0 Å². The van der Waals surface area contributed by atoms with Crippen LogP contribution in [0.2, 0.25) is 0 Å². The van der Waals surface area contributed by atoms with Crippen molar-refractivity contribution in [3.63, 3.8) is 0 Å². The van der Waals surface area contributed by atoms with Crippen molar-refractivity contribution in [3.8, 4) is 11.3 Å². The van der Waals surface area contributed by atoms with Crippen LogP contribution in [0.25, 0.3) is 17.3 Å². The second kappa shape index (κ2) is 9.75. The van der Waals surface area contributed by atoms with Crippen LogP contribution in [0.3, 0.4) is 0 Å². The number of hydrogen-bond donors (Lipinski definition) is 1. The number of aliphatic hydroxyl groups is 1. The zero-order valence-corrected chi connectivity index (χ0v) is 17.9. The van der Waals surface area contributed by atoms with Crippen molar-refractivity contribution >= 4 is 12.0 Å². The number of carbonyl (C=O) groups excluding carboxylic acids is 1. The first kappa shape index (κ1) is 21.1. The minimum absolute atomic E-state index is 0.0185. The number of aliphatic hydroxyl groups excluding tert-OH is 1. The van der Waals surface area contributed by atoms with E-state index in [1.807, 2.05) is 35.2 Å². The number of benzene rings is 2. The van der Waals surface area contributed by atoms with Gasteiger partial charge in [0.1, 0.15) is 0 Å². The fourth-order valence-corrected chi connectivity index (χ4v) is 3.89. The van der Waals surface area contributed by atoms with Gasteiger partial charge in [0.05, 0.1) is 18.3 Å². The number of amides is 1. The maximum atomic E-state index is 12.6. The summed E-state index contributed by atoms with van der Waals surface area (Å²) in [6.45, 7) is 4.02. The van der Waals surface area contributed by atoms with E-state index in [0.717, 1.165) is 23.2 Å². The molecule has 0 aliphatic carbocycles. The van der Waals surface area contributed by atoms with Crippen molar-refractivity contribution in [1.82, 2.24) is 14.7 Å². The molecule has 1 aromatic heterocycles. The van der Waals surface area contributed by atoms with E-state index in [1.54, 1.807) is 11.0 Å². The number of nitrogens with zero attached hydrogens (tertiary/aromatic N) is 3. The molecule has 0 unspecified atom stereocenters. The number of rotatable bonds is 6. The second-order valence-electron chi connectivity index (χ2n) is 8.06. The highest BCUT2D eigenvalue weighted by Crippen LogP contribution is 2.25. The number of hydrogen-bond acceptors (Lipinski definition) is 3. The Balaban J connectivity index is 1.60. The lowest BCUT2D eigenvalue weighted by Gasteiger charge is -2.28. The summed E-state index contributed by atoms with van der Waals surface area (Å²) in [5.74, 6) is -0.0185. The summed E-state index contributed by atoms with van der Waals surface area (Å²) in [5.41, 5.74) is 5.29. The van der Waals surface area contributed by atoms with Gasteiger partial charge in [-0.25, -0.2) is 0 Å². The van der Waals surface area contributed by atoms with Crippen LogP contribution in [-0.4, -0.2) is 44.9 Å².